The Labute approximate surface area is 150 Å². The normalized spacial score (nSPS) is 12.6. The maximum absolute atomic E-state index is 13.3. The highest BCUT2D eigenvalue weighted by Crippen LogP contribution is 2.58. The van der Waals surface area contributed by atoms with Crippen molar-refractivity contribution in [3.05, 3.63) is 42.2 Å². The molecule has 0 radical (unpaired) electrons. The van der Waals surface area contributed by atoms with Crippen LogP contribution in [0.4, 0.5) is 18.9 Å². The molecule has 0 N–H and O–H groups in total. The number of ether oxygens (including phenoxy) is 1. The lowest BCUT2D eigenvalue weighted by molar-refractivity contribution is -0.140. The van der Waals surface area contributed by atoms with E-state index in [1.807, 2.05) is 0 Å². The summed E-state index contributed by atoms with van der Waals surface area (Å²) in [4.78, 5) is 11.5. The van der Waals surface area contributed by atoms with E-state index < -0.39 is 25.6 Å². The zero-order chi connectivity index (χ0) is 19.6. The van der Waals surface area contributed by atoms with E-state index in [1.165, 1.54) is 6.92 Å². The van der Waals surface area contributed by atoms with Crippen molar-refractivity contribution < 1.29 is 36.3 Å². The predicted octanol–water partition coefficient (Wildman–Crippen LogP) is 5.36. The van der Waals surface area contributed by atoms with Gasteiger partial charge >= 0.3 is 19.9 Å². The molecule has 146 valence electrons. The van der Waals surface area contributed by atoms with Gasteiger partial charge in [0.15, 0.2) is 0 Å². The Kier molecular flexibility index (Phi) is 8.84. The van der Waals surface area contributed by atoms with Gasteiger partial charge in [-0.1, -0.05) is 18.2 Å². The fraction of sp³-hybridized carbons (Fsp3) is 0.438. The van der Waals surface area contributed by atoms with Crippen molar-refractivity contribution in [2.24, 2.45) is 4.74 Å². The third-order valence-electron chi connectivity index (χ3n) is 2.61. The topological polar surface area (TPSA) is 66.4 Å². The molecule has 26 heavy (non-hydrogen) atoms. The number of hydrogen-bond donors (Lipinski definition) is 0. The van der Waals surface area contributed by atoms with Gasteiger partial charge in [0.1, 0.15) is 0 Å². The van der Waals surface area contributed by atoms with Gasteiger partial charge < -0.3 is 9.26 Å². The van der Waals surface area contributed by atoms with Crippen LogP contribution in [0.3, 0.4) is 0 Å². The Bertz CT molecular complexity index is 652. The van der Waals surface area contributed by atoms with Crippen LogP contribution in [0.2, 0.25) is 0 Å². The van der Waals surface area contributed by atoms with E-state index in [2.05, 4.69) is 9.48 Å². The average molecular weight is 395 g/mol. The number of carbonyl (C=O) groups excluding carboxylic acids is 1. The third-order valence-corrected chi connectivity index (χ3v) is 4.68. The van der Waals surface area contributed by atoms with Crippen molar-refractivity contribution >= 4 is 19.4 Å². The molecule has 0 aliphatic carbocycles. The van der Waals surface area contributed by atoms with Crippen LogP contribution in [-0.4, -0.2) is 32.0 Å². The second-order valence-electron chi connectivity index (χ2n) is 4.59. The molecule has 1 aromatic rings. The molecule has 0 bridgehead atoms. The minimum absolute atomic E-state index is 0.00530. The number of benzene rings is 1. The molecule has 10 heteroatoms. The molecule has 0 heterocycles. The molecule has 1 rings (SSSR count). The number of carbonyl (C=O) groups is 1. The second kappa shape index (κ2) is 10.4. The summed E-state index contributed by atoms with van der Waals surface area (Å²) in [6.07, 6.45) is -4.74. The van der Waals surface area contributed by atoms with Crippen LogP contribution in [0.5, 0.6) is 0 Å². The lowest BCUT2D eigenvalue weighted by atomic mass is 10.3. The van der Waals surface area contributed by atoms with Gasteiger partial charge in [0.2, 0.25) is 5.76 Å². The zero-order valence-electron chi connectivity index (χ0n) is 14.7. The maximum atomic E-state index is 13.3. The largest absolute Gasteiger partial charge is 0.463 e. The summed E-state index contributed by atoms with van der Waals surface area (Å²) in [5, 5.41) is 0. The van der Waals surface area contributed by atoms with Crippen molar-refractivity contribution in [2.75, 3.05) is 19.8 Å². The summed E-state index contributed by atoms with van der Waals surface area (Å²) >= 11 is 0. The van der Waals surface area contributed by atoms with E-state index in [1.54, 1.807) is 44.2 Å². The lowest BCUT2D eigenvalue weighted by Crippen LogP contribution is -2.17. The van der Waals surface area contributed by atoms with Gasteiger partial charge in [0.05, 0.1) is 31.6 Å². The van der Waals surface area contributed by atoms with Crippen molar-refractivity contribution in [3.8, 4) is 0 Å². The molecule has 0 aromatic heterocycles. The molecule has 0 saturated carbocycles. The number of rotatable bonds is 9. The summed E-state index contributed by atoms with van der Waals surface area (Å²) in [7, 11) is -3.82. The Balaban J connectivity index is 3.40. The minimum Gasteiger partial charge on any atom is -0.463 e. The van der Waals surface area contributed by atoms with Crippen molar-refractivity contribution in [1.29, 1.82) is 0 Å². The molecule has 1 aromatic carbocycles. The second-order valence-corrected chi connectivity index (χ2v) is 6.43. The van der Waals surface area contributed by atoms with Crippen LogP contribution in [0.15, 0.2) is 46.9 Å². The van der Waals surface area contributed by atoms with Gasteiger partial charge in [0, 0.05) is 0 Å². The lowest BCUT2D eigenvalue weighted by Gasteiger charge is -2.25. The third kappa shape index (κ3) is 7.19. The summed E-state index contributed by atoms with van der Waals surface area (Å²) in [6, 6.07) is 8.18. The van der Waals surface area contributed by atoms with Gasteiger partial charge in [-0.25, -0.2) is 4.79 Å². The first-order chi connectivity index (χ1) is 12.3. The smallest absolute Gasteiger partial charge is 0.449 e. The molecular weight excluding hydrogens is 374 g/mol. The number of hydrogen-bond acceptors (Lipinski definition) is 6. The molecule has 0 unspecified atom stereocenters. The predicted molar refractivity (Wildman–Crippen MR) is 90.6 cm³/mol. The molecule has 0 amide bonds. The first-order valence-corrected chi connectivity index (χ1v) is 9.37. The van der Waals surface area contributed by atoms with Crippen molar-refractivity contribution in [3.63, 3.8) is 0 Å². The summed E-state index contributed by atoms with van der Waals surface area (Å²) < 4.78 is 64.4. The number of alkyl halides is 3. The van der Waals surface area contributed by atoms with Crippen LogP contribution in [0, 0.1) is 0 Å². The molecule has 6 nitrogen and oxygen atoms in total. The molecule has 0 aliphatic rings. The van der Waals surface area contributed by atoms with Crippen LogP contribution >= 0.6 is 7.74 Å². The van der Waals surface area contributed by atoms with Crippen molar-refractivity contribution in [1.82, 2.24) is 0 Å². The Morgan fingerprint density at radius 3 is 2.12 bits per heavy atom. The van der Waals surface area contributed by atoms with Crippen LogP contribution in [0.25, 0.3) is 0 Å². The summed E-state index contributed by atoms with van der Waals surface area (Å²) in [6.45, 7) is 4.53. The van der Waals surface area contributed by atoms with E-state index in [9.17, 15) is 18.0 Å². The van der Waals surface area contributed by atoms with Gasteiger partial charge in [-0.05, 0) is 32.9 Å². The molecular formula is C16H21F3NO5P. The van der Waals surface area contributed by atoms with E-state index in [0.29, 0.717) is 5.69 Å². The standard InChI is InChI=1S/C16H21F3NO5P/c1-4-22-15(21)12-14(16(17,18)19)25-26(23-5-2,24-6-3)20-13-10-8-7-9-11-13/h7-12H,4-6H2,1-3H3/b14-12+. The highest BCUT2D eigenvalue weighted by Gasteiger charge is 2.42. The molecule has 0 atom stereocenters. The number of esters is 1. The Morgan fingerprint density at radius 2 is 1.65 bits per heavy atom. The minimum atomic E-state index is -4.96. The fourth-order valence-corrected chi connectivity index (χ4v) is 3.52. The summed E-state index contributed by atoms with van der Waals surface area (Å²) in [5.41, 5.74) is 0.320. The first-order valence-electron chi connectivity index (χ1n) is 7.88. The molecule has 0 spiro atoms. The quantitative estimate of drug-likeness (QED) is 0.244. The maximum Gasteiger partial charge on any atom is 0.449 e. The highest BCUT2D eigenvalue weighted by molar-refractivity contribution is 7.51. The van der Waals surface area contributed by atoms with E-state index in [-0.39, 0.29) is 25.9 Å². The SMILES string of the molecule is CCOC(=O)/C=C(/OP(=Nc1ccccc1)(OCC)OCC)C(F)(F)F. The van der Waals surface area contributed by atoms with Crippen LogP contribution < -0.4 is 0 Å². The Morgan fingerprint density at radius 1 is 1.08 bits per heavy atom. The van der Waals surface area contributed by atoms with Gasteiger partial charge in [-0.2, -0.15) is 17.9 Å². The van der Waals surface area contributed by atoms with Gasteiger partial charge in [-0.3, -0.25) is 9.05 Å². The van der Waals surface area contributed by atoms with E-state index in [0.717, 1.165) is 0 Å². The fourth-order valence-electron chi connectivity index (χ4n) is 1.71. The monoisotopic (exact) mass is 395 g/mol. The number of allylic oxidation sites excluding steroid dienone is 1. The van der Waals surface area contributed by atoms with Gasteiger partial charge in [-0.15, -0.1) is 0 Å². The molecule has 0 aliphatic heterocycles. The highest BCUT2D eigenvalue weighted by atomic mass is 31.2. The zero-order valence-corrected chi connectivity index (χ0v) is 15.5. The average Bonchev–Trinajstić information content (AvgIpc) is 2.55. The molecule has 0 fully saturated rings. The van der Waals surface area contributed by atoms with Crippen LogP contribution in [0.1, 0.15) is 20.8 Å². The first kappa shape index (κ1) is 22.2. The number of halogens is 3. The van der Waals surface area contributed by atoms with E-state index in [4.69, 9.17) is 13.6 Å². The molecule has 0 saturated heterocycles. The number of nitrogens with zero attached hydrogens (tertiary/aromatic N) is 1. The van der Waals surface area contributed by atoms with E-state index >= 15 is 0 Å². The van der Waals surface area contributed by atoms with Crippen molar-refractivity contribution in [2.45, 2.75) is 26.9 Å². The summed E-state index contributed by atoms with van der Waals surface area (Å²) in [5.74, 6) is -2.78. The Hall–Kier alpha value is -1.83. The van der Waals surface area contributed by atoms with Crippen LogP contribution in [-0.2, 0) is 23.1 Å². The van der Waals surface area contributed by atoms with Gasteiger partial charge in [0.25, 0.3) is 0 Å².